The second-order valence-electron chi connectivity index (χ2n) is 8.38. The van der Waals surface area contributed by atoms with E-state index < -0.39 is 0 Å². The number of hydrogen-bond acceptors (Lipinski definition) is 1. The fourth-order valence-electron chi connectivity index (χ4n) is 6.47. The SMILES string of the molecule is C[C@@H]1C[C@H](C)C2(C)CC[C@@H]3c4ccc(O)cc4CCC3C12. The van der Waals surface area contributed by atoms with Gasteiger partial charge in [-0.3, -0.25) is 0 Å². The molecule has 1 heteroatoms. The summed E-state index contributed by atoms with van der Waals surface area (Å²) in [6, 6.07) is 6.13. The van der Waals surface area contributed by atoms with Crippen molar-refractivity contribution < 1.29 is 5.11 Å². The van der Waals surface area contributed by atoms with E-state index in [1.807, 2.05) is 12.1 Å². The fraction of sp³-hybridized carbons (Fsp3) is 0.700. The van der Waals surface area contributed by atoms with Crippen LogP contribution in [0.3, 0.4) is 0 Å². The van der Waals surface area contributed by atoms with Gasteiger partial charge in [-0.2, -0.15) is 0 Å². The highest BCUT2D eigenvalue weighted by atomic mass is 16.3. The monoisotopic (exact) mass is 284 g/mol. The number of aryl methyl sites for hydroxylation is 1. The van der Waals surface area contributed by atoms with E-state index in [0.29, 0.717) is 11.2 Å². The van der Waals surface area contributed by atoms with Crippen molar-refractivity contribution in [1.29, 1.82) is 0 Å². The molecule has 2 saturated carbocycles. The fourth-order valence-corrected chi connectivity index (χ4v) is 6.47. The van der Waals surface area contributed by atoms with Gasteiger partial charge in [0.05, 0.1) is 0 Å². The molecule has 6 atom stereocenters. The molecule has 1 N–H and O–H groups in total. The Kier molecular flexibility index (Phi) is 2.93. The van der Waals surface area contributed by atoms with Crippen LogP contribution in [0, 0.1) is 29.1 Å². The van der Waals surface area contributed by atoms with Gasteiger partial charge in [0.25, 0.3) is 0 Å². The van der Waals surface area contributed by atoms with Crippen molar-refractivity contribution in [1.82, 2.24) is 0 Å². The van der Waals surface area contributed by atoms with E-state index in [1.54, 1.807) is 5.56 Å². The largest absolute Gasteiger partial charge is 0.508 e. The standard InChI is InChI=1S/C20H28O/c1-12-10-13(2)20(3)9-8-17-16-7-5-15(21)11-14(16)4-6-18(17)19(12)20/h5,7,11-13,17-19,21H,4,6,8-10H2,1-3H3/t12-,13+,17-,18?,19?,20?/m1/s1. The van der Waals surface area contributed by atoms with Gasteiger partial charge in [0.15, 0.2) is 0 Å². The van der Waals surface area contributed by atoms with Crippen LogP contribution in [-0.4, -0.2) is 5.11 Å². The normalized spacial score (nSPS) is 44.8. The third-order valence-corrected chi connectivity index (χ3v) is 7.47. The number of hydrogen-bond donors (Lipinski definition) is 1. The molecule has 1 aromatic rings. The summed E-state index contributed by atoms with van der Waals surface area (Å²) in [5.41, 5.74) is 3.55. The van der Waals surface area contributed by atoms with Crippen LogP contribution in [0.25, 0.3) is 0 Å². The minimum Gasteiger partial charge on any atom is -0.508 e. The van der Waals surface area contributed by atoms with Crippen LogP contribution < -0.4 is 0 Å². The van der Waals surface area contributed by atoms with E-state index in [0.717, 1.165) is 29.6 Å². The molecular formula is C20H28O. The molecule has 0 saturated heterocycles. The lowest BCUT2D eigenvalue weighted by molar-refractivity contribution is 0.0181. The summed E-state index contributed by atoms with van der Waals surface area (Å²) in [5, 5.41) is 9.75. The third-order valence-electron chi connectivity index (χ3n) is 7.47. The molecule has 114 valence electrons. The van der Waals surface area contributed by atoms with Crippen LogP contribution in [0.15, 0.2) is 18.2 Å². The highest BCUT2D eigenvalue weighted by molar-refractivity contribution is 5.40. The number of benzene rings is 1. The smallest absolute Gasteiger partial charge is 0.115 e. The number of phenols is 1. The first kappa shape index (κ1) is 13.7. The molecule has 0 heterocycles. The molecule has 0 radical (unpaired) electrons. The van der Waals surface area contributed by atoms with Crippen molar-refractivity contribution >= 4 is 0 Å². The number of aromatic hydroxyl groups is 1. The van der Waals surface area contributed by atoms with E-state index in [1.165, 1.54) is 37.7 Å². The van der Waals surface area contributed by atoms with Gasteiger partial charge in [-0.05, 0) is 90.4 Å². The minimum absolute atomic E-state index is 0.440. The number of phenolic OH excluding ortho intramolecular Hbond substituents is 1. The van der Waals surface area contributed by atoms with Gasteiger partial charge in [0, 0.05) is 0 Å². The van der Waals surface area contributed by atoms with Crippen LogP contribution in [0.5, 0.6) is 5.75 Å². The van der Waals surface area contributed by atoms with E-state index in [2.05, 4.69) is 26.8 Å². The molecule has 3 unspecified atom stereocenters. The quantitative estimate of drug-likeness (QED) is 0.700. The molecule has 1 aromatic carbocycles. The summed E-state index contributed by atoms with van der Waals surface area (Å²) in [6.07, 6.45) is 6.67. The van der Waals surface area contributed by atoms with Gasteiger partial charge in [-0.1, -0.05) is 26.8 Å². The Morgan fingerprint density at radius 2 is 2.00 bits per heavy atom. The lowest BCUT2D eigenvalue weighted by Crippen LogP contribution is -2.43. The Bertz CT molecular complexity index is 563. The molecule has 4 rings (SSSR count). The minimum atomic E-state index is 0.440. The molecular weight excluding hydrogens is 256 g/mol. The number of rotatable bonds is 0. The summed E-state index contributed by atoms with van der Waals surface area (Å²) < 4.78 is 0. The Morgan fingerprint density at radius 3 is 2.81 bits per heavy atom. The van der Waals surface area contributed by atoms with Crippen molar-refractivity contribution in [2.24, 2.45) is 29.1 Å². The van der Waals surface area contributed by atoms with Gasteiger partial charge in [-0.15, -0.1) is 0 Å². The first-order valence-corrected chi connectivity index (χ1v) is 8.82. The molecule has 1 nitrogen and oxygen atoms in total. The molecule has 0 spiro atoms. The second-order valence-corrected chi connectivity index (χ2v) is 8.38. The van der Waals surface area contributed by atoms with Crippen molar-refractivity contribution in [2.75, 3.05) is 0 Å². The average molecular weight is 284 g/mol. The maximum atomic E-state index is 9.75. The zero-order chi connectivity index (χ0) is 14.8. The molecule has 2 fully saturated rings. The van der Waals surface area contributed by atoms with Crippen molar-refractivity contribution in [3.05, 3.63) is 29.3 Å². The van der Waals surface area contributed by atoms with E-state index >= 15 is 0 Å². The maximum absolute atomic E-state index is 9.75. The summed E-state index contributed by atoms with van der Waals surface area (Å²) in [5.74, 6) is 4.75. The van der Waals surface area contributed by atoms with Gasteiger partial charge in [0.1, 0.15) is 5.75 Å². The Hall–Kier alpha value is -0.980. The Morgan fingerprint density at radius 1 is 1.19 bits per heavy atom. The highest BCUT2D eigenvalue weighted by Gasteiger charge is 2.55. The van der Waals surface area contributed by atoms with Crippen LogP contribution in [-0.2, 0) is 6.42 Å². The van der Waals surface area contributed by atoms with E-state index in [9.17, 15) is 5.11 Å². The second kappa shape index (κ2) is 4.51. The molecule has 21 heavy (non-hydrogen) atoms. The highest BCUT2D eigenvalue weighted by Crippen LogP contribution is 2.64. The average Bonchev–Trinajstić information content (AvgIpc) is 2.68. The van der Waals surface area contributed by atoms with Gasteiger partial charge in [0.2, 0.25) is 0 Å². The molecule has 3 aliphatic rings. The van der Waals surface area contributed by atoms with Crippen molar-refractivity contribution in [3.8, 4) is 5.75 Å². The van der Waals surface area contributed by atoms with Crippen molar-refractivity contribution in [2.45, 2.75) is 58.8 Å². The summed E-state index contributed by atoms with van der Waals surface area (Å²) in [4.78, 5) is 0. The van der Waals surface area contributed by atoms with Crippen LogP contribution >= 0.6 is 0 Å². The first-order chi connectivity index (χ1) is 10.0. The predicted molar refractivity (Wildman–Crippen MR) is 86.4 cm³/mol. The lowest BCUT2D eigenvalue weighted by atomic mass is 9.53. The summed E-state index contributed by atoms with van der Waals surface area (Å²) >= 11 is 0. The lowest BCUT2D eigenvalue weighted by Gasteiger charge is -2.51. The van der Waals surface area contributed by atoms with Crippen LogP contribution in [0.4, 0.5) is 0 Å². The summed E-state index contributed by atoms with van der Waals surface area (Å²) in [7, 11) is 0. The van der Waals surface area contributed by atoms with Crippen LogP contribution in [0.1, 0.15) is 63.5 Å². The topological polar surface area (TPSA) is 20.2 Å². The Balaban J connectivity index is 1.73. The zero-order valence-corrected chi connectivity index (χ0v) is 13.6. The first-order valence-electron chi connectivity index (χ1n) is 8.82. The molecule has 0 amide bonds. The maximum Gasteiger partial charge on any atom is 0.115 e. The number of fused-ring (bicyclic) bond motifs is 5. The van der Waals surface area contributed by atoms with Gasteiger partial charge in [-0.25, -0.2) is 0 Å². The molecule has 0 bridgehead atoms. The zero-order valence-electron chi connectivity index (χ0n) is 13.6. The predicted octanol–water partition coefficient (Wildman–Crippen LogP) is 5.13. The summed E-state index contributed by atoms with van der Waals surface area (Å²) in [6.45, 7) is 7.57. The third kappa shape index (κ3) is 1.82. The molecule has 3 aliphatic carbocycles. The molecule has 0 aromatic heterocycles. The molecule has 0 aliphatic heterocycles. The van der Waals surface area contributed by atoms with Crippen molar-refractivity contribution in [3.63, 3.8) is 0 Å². The van der Waals surface area contributed by atoms with Gasteiger partial charge < -0.3 is 5.11 Å². The van der Waals surface area contributed by atoms with E-state index in [-0.39, 0.29) is 0 Å². The van der Waals surface area contributed by atoms with Crippen LogP contribution in [0.2, 0.25) is 0 Å². The Labute approximate surface area is 128 Å². The van der Waals surface area contributed by atoms with E-state index in [4.69, 9.17) is 0 Å². The van der Waals surface area contributed by atoms with Gasteiger partial charge >= 0.3 is 0 Å².